The SMILES string of the molecule is NCC1C=C(S)C=CC1. The summed E-state index contributed by atoms with van der Waals surface area (Å²) in [6, 6.07) is 0. The van der Waals surface area contributed by atoms with Crippen LogP contribution < -0.4 is 5.73 Å². The molecule has 0 radical (unpaired) electrons. The molecule has 1 atom stereocenters. The maximum atomic E-state index is 5.45. The number of allylic oxidation sites excluding steroid dienone is 2. The Bertz CT molecular complexity index is 149. The van der Waals surface area contributed by atoms with Gasteiger partial charge in [0.05, 0.1) is 0 Å². The monoisotopic (exact) mass is 141 g/mol. The molecular formula is C7H11NS. The minimum absolute atomic E-state index is 0.516. The molecule has 9 heavy (non-hydrogen) atoms. The molecule has 0 fully saturated rings. The van der Waals surface area contributed by atoms with E-state index in [1.165, 1.54) is 0 Å². The first-order chi connectivity index (χ1) is 4.33. The number of hydrogen-bond acceptors (Lipinski definition) is 2. The Morgan fingerprint density at radius 2 is 2.56 bits per heavy atom. The Balaban J connectivity index is 2.55. The summed E-state index contributed by atoms with van der Waals surface area (Å²) < 4.78 is 0. The average molecular weight is 141 g/mol. The van der Waals surface area contributed by atoms with E-state index in [9.17, 15) is 0 Å². The summed E-state index contributed by atoms with van der Waals surface area (Å²) in [5.74, 6) is 0.516. The standard InChI is InChI=1S/C7H11NS/c8-5-6-2-1-3-7(9)4-6/h1,3-4,6,9H,2,5,8H2. The van der Waals surface area contributed by atoms with Gasteiger partial charge in [0.1, 0.15) is 0 Å². The first-order valence-corrected chi connectivity index (χ1v) is 3.55. The van der Waals surface area contributed by atoms with Gasteiger partial charge in [0.25, 0.3) is 0 Å². The van der Waals surface area contributed by atoms with Crippen LogP contribution in [0, 0.1) is 5.92 Å². The first kappa shape index (κ1) is 6.90. The molecule has 0 aromatic heterocycles. The summed E-state index contributed by atoms with van der Waals surface area (Å²) in [6.07, 6.45) is 7.29. The van der Waals surface area contributed by atoms with Crippen molar-refractivity contribution in [1.82, 2.24) is 0 Å². The quantitative estimate of drug-likeness (QED) is 0.529. The van der Waals surface area contributed by atoms with Crippen LogP contribution in [-0.4, -0.2) is 6.54 Å². The van der Waals surface area contributed by atoms with Crippen LogP contribution in [0.25, 0.3) is 0 Å². The van der Waals surface area contributed by atoms with Crippen LogP contribution in [0.5, 0.6) is 0 Å². The highest BCUT2D eigenvalue weighted by atomic mass is 32.1. The maximum absolute atomic E-state index is 5.45. The van der Waals surface area contributed by atoms with Crippen molar-refractivity contribution in [3.63, 3.8) is 0 Å². The van der Waals surface area contributed by atoms with E-state index in [1.807, 2.05) is 6.08 Å². The van der Waals surface area contributed by atoms with E-state index in [0.29, 0.717) is 5.92 Å². The van der Waals surface area contributed by atoms with Gasteiger partial charge in [-0.1, -0.05) is 18.2 Å². The van der Waals surface area contributed by atoms with Crippen molar-refractivity contribution in [1.29, 1.82) is 0 Å². The van der Waals surface area contributed by atoms with E-state index >= 15 is 0 Å². The molecule has 1 aliphatic carbocycles. The van der Waals surface area contributed by atoms with Gasteiger partial charge in [0.2, 0.25) is 0 Å². The van der Waals surface area contributed by atoms with Crippen LogP contribution in [0.2, 0.25) is 0 Å². The zero-order valence-electron chi connectivity index (χ0n) is 5.25. The molecule has 0 aromatic carbocycles. The third-order valence-corrected chi connectivity index (χ3v) is 1.73. The number of nitrogens with two attached hydrogens (primary N) is 1. The summed E-state index contributed by atoms with van der Waals surface area (Å²) >= 11 is 4.19. The number of hydrogen-bond donors (Lipinski definition) is 2. The van der Waals surface area contributed by atoms with Gasteiger partial charge in [0.15, 0.2) is 0 Å². The Labute approximate surface area is 61.0 Å². The normalized spacial score (nSPS) is 26.0. The molecule has 0 spiro atoms. The van der Waals surface area contributed by atoms with E-state index < -0.39 is 0 Å². The van der Waals surface area contributed by atoms with E-state index in [4.69, 9.17) is 5.73 Å². The highest BCUT2D eigenvalue weighted by Gasteiger charge is 2.03. The van der Waals surface area contributed by atoms with Crippen LogP contribution in [0.1, 0.15) is 6.42 Å². The lowest BCUT2D eigenvalue weighted by molar-refractivity contribution is 0.668. The summed E-state index contributed by atoms with van der Waals surface area (Å²) in [5.41, 5.74) is 5.45. The molecule has 1 rings (SSSR count). The molecule has 0 heterocycles. The predicted octanol–water partition coefficient (Wildman–Crippen LogP) is 1.33. The molecule has 0 saturated carbocycles. The highest BCUT2D eigenvalue weighted by molar-refractivity contribution is 7.84. The molecular weight excluding hydrogens is 130 g/mol. The average Bonchev–Trinajstić information content (AvgIpc) is 1.88. The van der Waals surface area contributed by atoms with Crippen LogP contribution >= 0.6 is 12.6 Å². The molecule has 0 aliphatic heterocycles. The lowest BCUT2D eigenvalue weighted by Crippen LogP contribution is -2.12. The Morgan fingerprint density at radius 3 is 3.00 bits per heavy atom. The molecule has 0 saturated heterocycles. The van der Waals surface area contributed by atoms with Gasteiger partial charge in [-0.2, -0.15) is 0 Å². The minimum Gasteiger partial charge on any atom is -0.330 e. The van der Waals surface area contributed by atoms with Gasteiger partial charge < -0.3 is 5.73 Å². The van der Waals surface area contributed by atoms with Gasteiger partial charge in [-0.15, -0.1) is 12.6 Å². The van der Waals surface area contributed by atoms with E-state index in [1.54, 1.807) is 0 Å². The third kappa shape index (κ3) is 1.88. The molecule has 0 amide bonds. The largest absolute Gasteiger partial charge is 0.330 e. The highest BCUT2D eigenvalue weighted by Crippen LogP contribution is 2.17. The van der Waals surface area contributed by atoms with Gasteiger partial charge >= 0.3 is 0 Å². The Hall–Kier alpha value is -0.210. The molecule has 1 unspecified atom stereocenters. The molecule has 2 N–H and O–H groups in total. The molecule has 50 valence electrons. The molecule has 1 aliphatic rings. The second kappa shape index (κ2) is 3.08. The summed E-state index contributed by atoms with van der Waals surface area (Å²) in [6.45, 7) is 0.731. The van der Waals surface area contributed by atoms with Crippen molar-refractivity contribution in [2.45, 2.75) is 6.42 Å². The summed E-state index contributed by atoms with van der Waals surface area (Å²) in [4.78, 5) is 1.04. The second-order valence-corrected chi connectivity index (χ2v) is 2.74. The van der Waals surface area contributed by atoms with Crippen LogP contribution in [0.3, 0.4) is 0 Å². The van der Waals surface area contributed by atoms with Crippen molar-refractivity contribution in [2.75, 3.05) is 6.54 Å². The number of rotatable bonds is 1. The predicted molar refractivity (Wildman–Crippen MR) is 43.4 cm³/mol. The zero-order valence-corrected chi connectivity index (χ0v) is 6.14. The maximum Gasteiger partial charge on any atom is 0.0000224 e. The molecule has 2 heteroatoms. The van der Waals surface area contributed by atoms with E-state index in [2.05, 4.69) is 24.8 Å². The lowest BCUT2D eigenvalue weighted by Gasteiger charge is -2.10. The number of thiol groups is 1. The fourth-order valence-corrected chi connectivity index (χ4v) is 1.21. The fraction of sp³-hybridized carbons (Fsp3) is 0.429. The zero-order chi connectivity index (χ0) is 6.69. The minimum atomic E-state index is 0.516. The first-order valence-electron chi connectivity index (χ1n) is 3.10. The van der Waals surface area contributed by atoms with Crippen molar-refractivity contribution in [3.8, 4) is 0 Å². The third-order valence-electron chi connectivity index (χ3n) is 1.44. The van der Waals surface area contributed by atoms with Crippen LogP contribution in [0.4, 0.5) is 0 Å². The molecule has 0 bridgehead atoms. The van der Waals surface area contributed by atoms with Crippen LogP contribution in [0.15, 0.2) is 23.1 Å². The molecule has 1 nitrogen and oxygen atoms in total. The Kier molecular flexibility index (Phi) is 2.37. The summed E-state index contributed by atoms with van der Waals surface area (Å²) in [7, 11) is 0. The summed E-state index contributed by atoms with van der Waals surface area (Å²) in [5, 5.41) is 0. The van der Waals surface area contributed by atoms with Gasteiger partial charge in [-0.05, 0) is 18.9 Å². The lowest BCUT2D eigenvalue weighted by atomic mass is 10.0. The van der Waals surface area contributed by atoms with Crippen molar-refractivity contribution >= 4 is 12.6 Å². The topological polar surface area (TPSA) is 26.0 Å². The van der Waals surface area contributed by atoms with Crippen molar-refractivity contribution < 1.29 is 0 Å². The smallest absolute Gasteiger partial charge is 0.0000224 e. The van der Waals surface area contributed by atoms with Crippen LogP contribution in [-0.2, 0) is 0 Å². The Morgan fingerprint density at radius 1 is 1.78 bits per heavy atom. The van der Waals surface area contributed by atoms with Gasteiger partial charge in [0, 0.05) is 4.91 Å². The van der Waals surface area contributed by atoms with Crippen molar-refractivity contribution in [3.05, 3.63) is 23.1 Å². The van der Waals surface area contributed by atoms with Gasteiger partial charge in [-0.3, -0.25) is 0 Å². The van der Waals surface area contributed by atoms with E-state index in [0.717, 1.165) is 17.9 Å². The van der Waals surface area contributed by atoms with Crippen molar-refractivity contribution in [2.24, 2.45) is 11.7 Å². The molecule has 0 aromatic rings. The van der Waals surface area contributed by atoms with Gasteiger partial charge in [-0.25, -0.2) is 0 Å². The fourth-order valence-electron chi connectivity index (χ4n) is 0.893. The van der Waals surface area contributed by atoms with E-state index in [-0.39, 0.29) is 0 Å². The second-order valence-electron chi connectivity index (χ2n) is 2.23.